The van der Waals surface area contributed by atoms with Crippen LogP contribution in [0.5, 0.6) is 5.75 Å². The van der Waals surface area contributed by atoms with Crippen LogP contribution in [0.25, 0.3) is 0 Å². The number of nitrogens with zero attached hydrogens (tertiary/aromatic N) is 3. The van der Waals surface area contributed by atoms with Crippen LogP contribution in [0.15, 0.2) is 42.6 Å². The topological polar surface area (TPSA) is 88.6 Å². The molecular weight excluding hydrogens is 583 g/mol. The first kappa shape index (κ1) is 29.3. The van der Waals surface area contributed by atoms with E-state index in [-0.39, 0.29) is 10.8 Å². The summed E-state index contributed by atoms with van der Waals surface area (Å²) in [6, 6.07) is 12.4. The lowest BCUT2D eigenvalue weighted by atomic mass is 10.0. The first-order chi connectivity index (χ1) is 20.1. The third-order valence-electron chi connectivity index (χ3n) is 8.45. The monoisotopic (exact) mass is 617 g/mol. The van der Waals surface area contributed by atoms with E-state index in [2.05, 4.69) is 42.4 Å². The van der Waals surface area contributed by atoms with Gasteiger partial charge in [-0.05, 0) is 93.3 Å². The molecule has 2 aromatic carbocycles. The zero-order chi connectivity index (χ0) is 29.4. The molecule has 3 aromatic rings. The fourth-order valence-corrected chi connectivity index (χ4v) is 7.82. The van der Waals surface area contributed by atoms with Crippen LogP contribution in [0.1, 0.15) is 36.8 Å². The number of anilines is 4. The lowest BCUT2D eigenvalue weighted by molar-refractivity contribution is -0.0497. The molecule has 2 N–H and O–H groups in total. The van der Waals surface area contributed by atoms with Crippen LogP contribution in [-0.4, -0.2) is 66.1 Å². The van der Waals surface area contributed by atoms with Crippen molar-refractivity contribution < 1.29 is 22.8 Å². The van der Waals surface area contributed by atoms with E-state index in [0.717, 1.165) is 38.2 Å². The van der Waals surface area contributed by atoms with Gasteiger partial charge in [-0.1, -0.05) is 17.7 Å². The number of morpholine rings is 1. The average molecular weight is 618 g/mol. The highest BCUT2D eigenvalue weighted by Crippen LogP contribution is 2.41. The first-order valence-corrected chi connectivity index (χ1v) is 17.3. The first-order valence-electron chi connectivity index (χ1n) is 14.3. The van der Waals surface area contributed by atoms with E-state index in [4.69, 9.17) is 16.3 Å². The number of aryl methyl sites for hydroxylation is 2. The predicted octanol–water partition coefficient (Wildman–Crippen LogP) is 6.58. The van der Waals surface area contributed by atoms with E-state index in [1.54, 1.807) is 13.3 Å². The zero-order valence-corrected chi connectivity index (χ0v) is 25.3. The Bertz CT molecular complexity index is 1490. The molecule has 224 valence electrons. The van der Waals surface area contributed by atoms with Crippen molar-refractivity contribution in [2.75, 3.05) is 37.2 Å². The third kappa shape index (κ3) is 6.42. The van der Waals surface area contributed by atoms with Gasteiger partial charge in [-0.2, -0.15) is 13.8 Å². The van der Waals surface area contributed by atoms with Gasteiger partial charge >= 0.3 is 6.61 Å². The lowest BCUT2D eigenvalue weighted by Gasteiger charge is -2.40. The van der Waals surface area contributed by atoms with Gasteiger partial charge in [0.25, 0.3) is 0 Å². The van der Waals surface area contributed by atoms with Gasteiger partial charge in [-0.3, -0.25) is 4.90 Å². The Labute approximate surface area is 249 Å². The summed E-state index contributed by atoms with van der Waals surface area (Å²) in [6.07, 6.45) is 8.36. The molecule has 2 saturated heterocycles. The molecule has 2 aliphatic heterocycles. The fraction of sp³-hybridized carbons (Fsp3) is 0.467. The van der Waals surface area contributed by atoms with E-state index in [9.17, 15) is 13.3 Å². The van der Waals surface area contributed by atoms with Crippen molar-refractivity contribution in [3.63, 3.8) is 0 Å². The number of rotatable bonds is 8. The molecule has 2 fully saturated rings. The van der Waals surface area contributed by atoms with Gasteiger partial charge in [-0.15, -0.1) is 0 Å². The Hall–Kier alpha value is -2.78. The summed E-state index contributed by atoms with van der Waals surface area (Å²) in [4.78, 5) is 11.7. The van der Waals surface area contributed by atoms with Gasteiger partial charge in [0.05, 0.1) is 25.1 Å². The van der Waals surface area contributed by atoms with Crippen molar-refractivity contribution in [2.24, 2.45) is 0 Å². The maximum Gasteiger partial charge on any atom is 0.387 e. The summed E-state index contributed by atoms with van der Waals surface area (Å²) >= 11 is 6.41. The molecule has 0 amide bonds. The zero-order valence-electron chi connectivity index (χ0n) is 23.7. The van der Waals surface area contributed by atoms with Crippen LogP contribution < -0.4 is 20.7 Å². The second-order valence-electron chi connectivity index (χ2n) is 11.6. The second-order valence-corrected chi connectivity index (χ2v) is 15.2. The Balaban J connectivity index is 1.17. The fourth-order valence-electron chi connectivity index (χ4n) is 6.53. The van der Waals surface area contributed by atoms with Crippen molar-refractivity contribution in [3.8, 4) is 5.75 Å². The molecule has 1 aliphatic carbocycles. The van der Waals surface area contributed by atoms with Crippen LogP contribution in [-0.2, 0) is 22.1 Å². The van der Waals surface area contributed by atoms with E-state index < -0.39 is 13.8 Å². The lowest BCUT2D eigenvalue weighted by Crippen LogP contribution is -2.51. The minimum atomic E-state index is -2.98. The van der Waals surface area contributed by atoms with Crippen LogP contribution in [0, 0.1) is 0 Å². The molecule has 0 saturated carbocycles. The minimum Gasteiger partial charge on any atom is -0.435 e. The number of hydrogen-bond donors (Lipinski definition) is 2. The van der Waals surface area contributed by atoms with Crippen molar-refractivity contribution in [3.05, 3.63) is 58.7 Å². The molecule has 6 rings (SSSR count). The quantitative estimate of drug-likeness (QED) is 0.217. The number of aromatic nitrogens is 2. The summed E-state index contributed by atoms with van der Waals surface area (Å²) in [5, 5.41) is 7.01. The number of hydrogen-bond acceptors (Lipinski definition) is 8. The van der Waals surface area contributed by atoms with Gasteiger partial charge in [0, 0.05) is 29.1 Å². The summed E-state index contributed by atoms with van der Waals surface area (Å²) in [5.74, 6) is 0.565. The molecule has 3 atom stereocenters. The highest BCUT2D eigenvalue weighted by Gasteiger charge is 2.41. The van der Waals surface area contributed by atoms with Crippen LogP contribution in [0.3, 0.4) is 0 Å². The molecule has 8 nitrogen and oxygen atoms in total. The highest BCUT2D eigenvalue weighted by atomic mass is 35.5. The molecular formula is C30H35ClF2N5O3P. The Morgan fingerprint density at radius 3 is 2.45 bits per heavy atom. The Morgan fingerprint density at radius 1 is 1.00 bits per heavy atom. The van der Waals surface area contributed by atoms with E-state index in [0.29, 0.717) is 40.9 Å². The maximum absolute atomic E-state index is 13.0. The highest BCUT2D eigenvalue weighted by molar-refractivity contribution is 7.70. The predicted molar refractivity (Wildman–Crippen MR) is 162 cm³/mol. The number of nitrogens with one attached hydrogen (secondary N) is 2. The summed E-state index contributed by atoms with van der Waals surface area (Å²) in [7, 11) is -2.88. The Morgan fingerprint density at radius 2 is 1.74 bits per heavy atom. The number of alkyl halides is 2. The van der Waals surface area contributed by atoms with Crippen LogP contribution >= 0.6 is 18.7 Å². The molecule has 12 heteroatoms. The van der Waals surface area contributed by atoms with Gasteiger partial charge in [-0.25, -0.2) is 4.98 Å². The number of benzene rings is 2. The van der Waals surface area contributed by atoms with E-state index in [1.807, 2.05) is 6.07 Å². The normalized spacial score (nSPS) is 22.5. The summed E-state index contributed by atoms with van der Waals surface area (Å²) < 4.78 is 48.8. The minimum absolute atomic E-state index is 0.0718. The number of fused-ring (bicyclic) bond motifs is 3. The van der Waals surface area contributed by atoms with Crippen molar-refractivity contribution >= 4 is 47.2 Å². The van der Waals surface area contributed by atoms with Crippen molar-refractivity contribution in [1.29, 1.82) is 0 Å². The van der Waals surface area contributed by atoms with Gasteiger partial charge in [0.2, 0.25) is 5.95 Å². The maximum atomic E-state index is 13.0. The molecule has 42 heavy (non-hydrogen) atoms. The van der Waals surface area contributed by atoms with Crippen molar-refractivity contribution in [1.82, 2.24) is 14.9 Å². The number of halogens is 3. The van der Waals surface area contributed by atoms with Crippen molar-refractivity contribution in [2.45, 2.75) is 63.3 Å². The average Bonchev–Trinajstić information content (AvgIpc) is 3.09. The largest absolute Gasteiger partial charge is 0.435 e. The summed E-state index contributed by atoms with van der Waals surface area (Å²) in [6.45, 7) is 1.85. The summed E-state index contributed by atoms with van der Waals surface area (Å²) in [5.41, 5.74) is 4.05. The second kappa shape index (κ2) is 12.1. The molecule has 2 unspecified atom stereocenters. The van der Waals surface area contributed by atoms with E-state index >= 15 is 0 Å². The molecule has 3 aliphatic rings. The molecule has 0 spiro atoms. The number of ether oxygens (including phenoxy) is 2. The smallest absolute Gasteiger partial charge is 0.387 e. The van der Waals surface area contributed by atoms with Gasteiger partial charge < -0.3 is 24.7 Å². The van der Waals surface area contributed by atoms with Crippen LogP contribution in [0.2, 0.25) is 5.02 Å². The third-order valence-corrected chi connectivity index (χ3v) is 10.3. The molecule has 1 aromatic heterocycles. The van der Waals surface area contributed by atoms with E-state index in [1.165, 1.54) is 54.8 Å². The SMILES string of the molecule is CP(C)(=O)c1cc(OC(F)F)ccc1Nc1nc(Nc2ccc3c(c2)CC[C@@H](N2C4CCC2COC4)CC3)ncc1Cl. The molecule has 2 bridgehead atoms. The Kier molecular flexibility index (Phi) is 8.42. The van der Waals surface area contributed by atoms with Gasteiger partial charge in [0.1, 0.15) is 17.9 Å². The standard InChI is InChI=1S/C30H35ClF2N5O3P/c1-42(2,39)27-14-24(41-29(32)33)11-12-26(27)36-28-25(31)15-34-30(37-28)35-20-6-3-18-4-7-21(8-5-19(18)13-20)38-22-9-10-23(38)17-40-16-22/h3,6,11-15,21-23,29H,4-5,7-10,16-17H2,1-2H3,(H2,34,35,36,37)/t21-,22?,23?/m0/s1. The molecule has 3 heterocycles. The van der Waals surface area contributed by atoms with Crippen LogP contribution in [0.4, 0.5) is 31.9 Å². The van der Waals surface area contributed by atoms with Gasteiger partial charge in [0.15, 0.2) is 5.82 Å². The molecule has 0 radical (unpaired) electrons.